The van der Waals surface area contributed by atoms with Gasteiger partial charge in [0.15, 0.2) is 5.96 Å². The zero-order valence-electron chi connectivity index (χ0n) is 17.1. The lowest BCUT2D eigenvalue weighted by molar-refractivity contribution is 0.0302. The molecule has 0 aromatic heterocycles. The molecule has 156 valence electrons. The minimum absolute atomic E-state index is 0. The van der Waals surface area contributed by atoms with Crippen LogP contribution in [0.25, 0.3) is 0 Å². The molecule has 0 aliphatic carbocycles. The number of hydrogen-bond acceptors (Lipinski definition) is 5. The first-order chi connectivity index (χ1) is 11.8. The number of rotatable bonds is 11. The summed E-state index contributed by atoms with van der Waals surface area (Å²) in [6.07, 6.45) is 0.516. The highest BCUT2D eigenvalue weighted by molar-refractivity contribution is 14.0. The summed E-state index contributed by atoms with van der Waals surface area (Å²) in [5.74, 6) is 0.733. The molecule has 0 fully saturated rings. The van der Waals surface area contributed by atoms with E-state index in [1.165, 1.54) is 0 Å². The highest BCUT2D eigenvalue weighted by Crippen LogP contribution is 2.08. The predicted molar refractivity (Wildman–Crippen MR) is 116 cm³/mol. The maximum absolute atomic E-state index is 11.9. The molecule has 2 N–H and O–H groups in total. The lowest BCUT2D eigenvalue weighted by Crippen LogP contribution is -2.43. The maximum Gasteiger partial charge on any atom is 0.410 e. The minimum Gasteiger partial charge on any atom is -0.444 e. The van der Waals surface area contributed by atoms with Crippen LogP contribution in [0.5, 0.6) is 0 Å². The average molecular weight is 488 g/mol. The number of aliphatic imine (C=N–C) groups is 1. The fourth-order valence-electron chi connectivity index (χ4n) is 1.72. The van der Waals surface area contributed by atoms with Gasteiger partial charge in [0.2, 0.25) is 0 Å². The number of ether oxygens (including phenoxy) is 3. The van der Waals surface area contributed by atoms with Crippen LogP contribution in [0.2, 0.25) is 0 Å². The van der Waals surface area contributed by atoms with E-state index in [9.17, 15) is 4.79 Å². The maximum atomic E-state index is 11.9. The van der Waals surface area contributed by atoms with Crippen LogP contribution in [-0.4, -0.2) is 82.7 Å². The van der Waals surface area contributed by atoms with Crippen LogP contribution in [0, 0.1) is 0 Å². The molecule has 0 aliphatic heterocycles. The van der Waals surface area contributed by atoms with E-state index in [2.05, 4.69) is 15.6 Å². The van der Waals surface area contributed by atoms with Gasteiger partial charge in [0.1, 0.15) is 5.60 Å². The SMILES string of the molecule is CCNC(=NCCCOCCOC)NCCN(C)C(=O)OC(C)(C)C.I. The van der Waals surface area contributed by atoms with Gasteiger partial charge in [0.05, 0.1) is 13.2 Å². The van der Waals surface area contributed by atoms with Gasteiger partial charge in [-0.25, -0.2) is 4.79 Å². The molecule has 9 heteroatoms. The number of carbonyl (C=O) groups excluding carboxylic acids is 1. The Morgan fingerprint density at radius 3 is 2.42 bits per heavy atom. The Kier molecular flexibility index (Phi) is 17.3. The normalized spacial score (nSPS) is 11.5. The van der Waals surface area contributed by atoms with Crippen molar-refractivity contribution in [1.29, 1.82) is 0 Å². The highest BCUT2D eigenvalue weighted by Gasteiger charge is 2.19. The lowest BCUT2D eigenvalue weighted by Gasteiger charge is -2.24. The monoisotopic (exact) mass is 488 g/mol. The van der Waals surface area contributed by atoms with E-state index in [4.69, 9.17) is 14.2 Å². The van der Waals surface area contributed by atoms with Crippen molar-refractivity contribution in [3.63, 3.8) is 0 Å². The summed E-state index contributed by atoms with van der Waals surface area (Å²) in [4.78, 5) is 17.9. The largest absolute Gasteiger partial charge is 0.444 e. The topological polar surface area (TPSA) is 84.4 Å². The van der Waals surface area contributed by atoms with Crippen LogP contribution in [0.15, 0.2) is 4.99 Å². The molecule has 0 spiro atoms. The number of likely N-dealkylation sites (N-methyl/N-ethyl adjacent to an activating group) is 1. The van der Waals surface area contributed by atoms with Crippen molar-refractivity contribution in [2.24, 2.45) is 4.99 Å². The summed E-state index contributed by atoms with van der Waals surface area (Å²) in [6, 6.07) is 0. The smallest absolute Gasteiger partial charge is 0.410 e. The molecule has 0 atom stereocenters. The lowest BCUT2D eigenvalue weighted by atomic mass is 10.2. The van der Waals surface area contributed by atoms with Crippen LogP contribution in [0.3, 0.4) is 0 Å². The molecule has 0 aromatic carbocycles. The number of amides is 1. The van der Waals surface area contributed by atoms with E-state index < -0.39 is 5.60 Å². The number of carbonyl (C=O) groups is 1. The van der Waals surface area contributed by atoms with Crippen molar-refractivity contribution < 1.29 is 19.0 Å². The number of methoxy groups -OCH3 is 1. The molecule has 8 nitrogen and oxygen atoms in total. The van der Waals surface area contributed by atoms with Crippen LogP contribution >= 0.6 is 24.0 Å². The number of halogens is 1. The Morgan fingerprint density at radius 1 is 1.15 bits per heavy atom. The van der Waals surface area contributed by atoms with E-state index in [0.29, 0.717) is 39.5 Å². The molecule has 0 aromatic rings. The summed E-state index contributed by atoms with van der Waals surface area (Å²) >= 11 is 0. The second kappa shape index (κ2) is 16.4. The van der Waals surface area contributed by atoms with E-state index >= 15 is 0 Å². The number of nitrogens with zero attached hydrogens (tertiary/aromatic N) is 2. The zero-order chi connectivity index (χ0) is 19.1. The second-order valence-corrected chi connectivity index (χ2v) is 6.55. The average Bonchev–Trinajstić information content (AvgIpc) is 2.52. The Morgan fingerprint density at radius 2 is 1.85 bits per heavy atom. The van der Waals surface area contributed by atoms with Gasteiger partial charge in [-0.1, -0.05) is 0 Å². The molecular weight excluding hydrogens is 451 g/mol. The molecule has 0 aliphatic rings. The van der Waals surface area contributed by atoms with Crippen LogP contribution < -0.4 is 10.6 Å². The third kappa shape index (κ3) is 16.6. The first-order valence-electron chi connectivity index (χ1n) is 8.83. The highest BCUT2D eigenvalue weighted by atomic mass is 127. The number of nitrogens with one attached hydrogen (secondary N) is 2. The molecule has 1 amide bonds. The molecular formula is C17H37IN4O4. The summed E-state index contributed by atoms with van der Waals surface area (Å²) in [5, 5.41) is 6.39. The molecule has 26 heavy (non-hydrogen) atoms. The van der Waals surface area contributed by atoms with Crippen molar-refractivity contribution in [3.05, 3.63) is 0 Å². The quantitative estimate of drug-likeness (QED) is 0.201. The van der Waals surface area contributed by atoms with E-state index in [-0.39, 0.29) is 30.1 Å². The van der Waals surface area contributed by atoms with Gasteiger partial charge < -0.3 is 29.7 Å². The molecule has 0 radical (unpaired) electrons. The summed E-state index contributed by atoms with van der Waals surface area (Å²) < 4.78 is 15.6. The van der Waals surface area contributed by atoms with E-state index in [1.807, 2.05) is 27.7 Å². The molecule has 0 rings (SSSR count). The van der Waals surface area contributed by atoms with Gasteiger partial charge >= 0.3 is 6.09 Å². The van der Waals surface area contributed by atoms with E-state index in [0.717, 1.165) is 18.9 Å². The van der Waals surface area contributed by atoms with Crippen LogP contribution in [-0.2, 0) is 14.2 Å². The van der Waals surface area contributed by atoms with Crippen molar-refractivity contribution in [2.75, 3.05) is 60.2 Å². The Labute approximate surface area is 175 Å². The molecule has 0 heterocycles. The minimum atomic E-state index is -0.486. The molecule has 0 bridgehead atoms. The second-order valence-electron chi connectivity index (χ2n) is 6.55. The number of guanidine groups is 1. The first kappa shape index (κ1) is 27.4. The van der Waals surface area contributed by atoms with Gasteiger partial charge in [-0.15, -0.1) is 24.0 Å². The fourth-order valence-corrected chi connectivity index (χ4v) is 1.72. The van der Waals surface area contributed by atoms with Crippen molar-refractivity contribution in [3.8, 4) is 0 Å². The van der Waals surface area contributed by atoms with Crippen LogP contribution in [0.1, 0.15) is 34.1 Å². The summed E-state index contributed by atoms with van der Waals surface area (Å²) in [7, 11) is 3.37. The number of hydrogen-bond donors (Lipinski definition) is 2. The molecule has 0 unspecified atom stereocenters. The van der Waals surface area contributed by atoms with Gasteiger partial charge in [0, 0.05) is 46.9 Å². The third-order valence-electron chi connectivity index (χ3n) is 2.94. The predicted octanol–water partition coefficient (Wildman–Crippen LogP) is 2.08. The van der Waals surface area contributed by atoms with E-state index in [1.54, 1.807) is 19.1 Å². The summed E-state index contributed by atoms with van der Waals surface area (Å²) in [6.45, 7) is 12.0. The van der Waals surface area contributed by atoms with Crippen LogP contribution in [0.4, 0.5) is 4.79 Å². The zero-order valence-corrected chi connectivity index (χ0v) is 19.4. The third-order valence-corrected chi connectivity index (χ3v) is 2.94. The van der Waals surface area contributed by atoms with Crippen molar-refractivity contribution in [2.45, 2.75) is 39.7 Å². The van der Waals surface area contributed by atoms with Gasteiger partial charge in [-0.3, -0.25) is 4.99 Å². The van der Waals surface area contributed by atoms with Gasteiger partial charge in [-0.05, 0) is 34.1 Å². The Hall–Kier alpha value is -0.810. The van der Waals surface area contributed by atoms with Crippen molar-refractivity contribution >= 4 is 36.0 Å². The first-order valence-corrected chi connectivity index (χ1v) is 8.83. The fraction of sp³-hybridized carbons (Fsp3) is 0.882. The standard InChI is InChI=1S/C17H36N4O4.HI/c1-7-18-15(19-9-8-12-24-14-13-23-6)20-10-11-21(5)16(22)25-17(2,3)4;/h7-14H2,1-6H3,(H2,18,19,20);1H. The summed E-state index contributed by atoms with van der Waals surface area (Å²) in [5.41, 5.74) is -0.486. The molecule has 0 saturated heterocycles. The van der Waals surface area contributed by atoms with Crippen molar-refractivity contribution in [1.82, 2.24) is 15.5 Å². The Balaban J connectivity index is 0. The van der Waals surface area contributed by atoms with Gasteiger partial charge in [0.25, 0.3) is 0 Å². The Bertz CT molecular complexity index is 389. The molecule has 0 saturated carbocycles. The van der Waals surface area contributed by atoms with Gasteiger partial charge in [-0.2, -0.15) is 0 Å².